The van der Waals surface area contributed by atoms with Crippen LogP contribution in [-0.4, -0.2) is 65.8 Å². The summed E-state index contributed by atoms with van der Waals surface area (Å²) in [5.74, 6) is -0.0571. The summed E-state index contributed by atoms with van der Waals surface area (Å²) in [5.41, 5.74) is 2.22. The summed E-state index contributed by atoms with van der Waals surface area (Å²) < 4.78 is 5.01. The SMILES string of the molecule is COCc1nnc(NC(=O)CN2CCCN(c3ccnc(C)c3)CC2)s1. The molecule has 1 aliphatic heterocycles. The van der Waals surface area contributed by atoms with Crippen molar-refractivity contribution in [1.29, 1.82) is 0 Å². The van der Waals surface area contributed by atoms with Gasteiger partial charge in [-0.2, -0.15) is 0 Å². The summed E-state index contributed by atoms with van der Waals surface area (Å²) in [4.78, 5) is 21.1. The molecular weight excluding hydrogens is 352 g/mol. The fraction of sp³-hybridized carbons (Fsp3) is 0.529. The number of rotatable bonds is 6. The highest BCUT2D eigenvalue weighted by Crippen LogP contribution is 2.18. The predicted octanol–water partition coefficient (Wildman–Crippen LogP) is 1.54. The molecule has 0 saturated carbocycles. The first-order valence-electron chi connectivity index (χ1n) is 8.65. The first kappa shape index (κ1) is 18.7. The van der Waals surface area contributed by atoms with Crippen LogP contribution in [0.1, 0.15) is 17.1 Å². The van der Waals surface area contributed by atoms with Crippen LogP contribution in [-0.2, 0) is 16.1 Å². The zero-order valence-corrected chi connectivity index (χ0v) is 16.0. The number of pyridine rings is 1. The Kier molecular flexibility index (Phi) is 6.48. The minimum atomic E-state index is -0.0571. The highest BCUT2D eigenvalue weighted by atomic mass is 32.1. The van der Waals surface area contributed by atoms with Gasteiger partial charge in [-0.3, -0.25) is 20.0 Å². The fourth-order valence-corrected chi connectivity index (χ4v) is 3.69. The van der Waals surface area contributed by atoms with E-state index in [4.69, 9.17) is 4.74 Å². The molecule has 3 rings (SSSR count). The van der Waals surface area contributed by atoms with E-state index in [0.29, 0.717) is 18.3 Å². The number of nitrogens with one attached hydrogen (secondary N) is 1. The topological polar surface area (TPSA) is 83.5 Å². The number of methoxy groups -OCH3 is 1. The standard InChI is InChI=1S/C17H24N6O2S/c1-13-10-14(4-5-18-13)23-7-3-6-22(8-9-23)11-15(24)19-17-21-20-16(26-17)12-25-2/h4-5,10H,3,6-9,11-12H2,1-2H3,(H,19,21,24). The van der Waals surface area contributed by atoms with E-state index in [1.807, 2.05) is 19.2 Å². The Morgan fingerprint density at radius 3 is 3.00 bits per heavy atom. The van der Waals surface area contributed by atoms with Gasteiger partial charge in [0.15, 0.2) is 0 Å². The molecule has 2 aromatic heterocycles. The van der Waals surface area contributed by atoms with Gasteiger partial charge in [0.1, 0.15) is 11.6 Å². The van der Waals surface area contributed by atoms with Gasteiger partial charge >= 0.3 is 0 Å². The number of ether oxygens (including phenoxy) is 1. The van der Waals surface area contributed by atoms with Crippen molar-refractivity contribution in [3.63, 3.8) is 0 Å². The number of anilines is 2. The Morgan fingerprint density at radius 2 is 2.19 bits per heavy atom. The largest absolute Gasteiger partial charge is 0.377 e. The second-order valence-electron chi connectivity index (χ2n) is 6.25. The molecule has 1 saturated heterocycles. The molecule has 26 heavy (non-hydrogen) atoms. The van der Waals surface area contributed by atoms with Gasteiger partial charge in [0.25, 0.3) is 0 Å². The Hall–Kier alpha value is -2.10. The van der Waals surface area contributed by atoms with E-state index in [1.54, 1.807) is 7.11 Å². The molecule has 9 heteroatoms. The summed E-state index contributed by atoms with van der Waals surface area (Å²) in [7, 11) is 1.61. The van der Waals surface area contributed by atoms with Crippen LogP contribution in [0.15, 0.2) is 18.3 Å². The van der Waals surface area contributed by atoms with Crippen molar-refractivity contribution in [3.05, 3.63) is 29.0 Å². The van der Waals surface area contributed by atoms with Gasteiger partial charge in [0, 0.05) is 50.9 Å². The van der Waals surface area contributed by atoms with E-state index in [-0.39, 0.29) is 5.91 Å². The van der Waals surface area contributed by atoms with E-state index in [1.165, 1.54) is 17.0 Å². The maximum atomic E-state index is 12.3. The average Bonchev–Trinajstić information content (AvgIpc) is 2.91. The minimum absolute atomic E-state index is 0.0571. The van der Waals surface area contributed by atoms with Crippen LogP contribution in [0.3, 0.4) is 0 Å². The number of aryl methyl sites for hydroxylation is 1. The third-order valence-corrected chi connectivity index (χ3v) is 4.99. The third kappa shape index (κ3) is 5.20. The zero-order chi connectivity index (χ0) is 18.4. The number of aromatic nitrogens is 3. The van der Waals surface area contributed by atoms with Crippen molar-refractivity contribution >= 4 is 28.1 Å². The number of carbonyl (C=O) groups excluding carboxylic acids is 1. The molecule has 1 fully saturated rings. The molecule has 0 spiro atoms. The van der Waals surface area contributed by atoms with Gasteiger partial charge < -0.3 is 9.64 Å². The van der Waals surface area contributed by atoms with E-state index in [2.05, 4.69) is 36.4 Å². The summed E-state index contributed by atoms with van der Waals surface area (Å²) in [6.45, 7) is 6.40. The first-order chi connectivity index (χ1) is 12.6. The lowest BCUT2D eigenvalue weighted by atomic mass is 10.3. The van der Waals surface area contributed by atoms with Gasteiger partial charge in [0.2, 0.25) is 11.0 Å². The lowest BCUT2D eigenvalue weighted by Gasteiger charge is -2.23. The summed E-state index contributed by atoms with van der Waals surface area (Å²) in [6.07, 6.45) is 2.87. The molecule has 8 nitrogen and oxygen atoms in total. The van der Waals surface area contributed by atoms with Crippen LogP contribution in [0.5, 0.6) is 0 Å². The minimum Gasteiger partial charge on any atom is -0.377 e. The maximum absolute atomic E-state index is 12.3. The van der Waals surface area contributed by atoms with Crippen LogP contribution in [0.2, 0.25) is 0 Å². The van der Waals surface area contributed by atoms with Crippen molar-refractivity contribution in [1.82, 2.24) is 20.1 Å². The number of nitrogens with zero attached hydrogens (tertiary/aromatic N) is 5. The van der Waals surface area contributed by atoms with E-state index >= 15 is 0 Å². The second kappa shape index (κ2) is 9.02. The van der Waals surface area contributed by atoms with Gasteiger partial charge in [-0.1, -0.05) is 11.3 Å². The zero-order valence-electron chi connectivity index (χ0n) is 15.1. The Bertz CT molecular complexity index is 738. The molecule has 0 atom stereocenters. The molecule has 0 aliphatic carbocycles. The Labute approximate surface area is 157 Å². The summed E-state index contributed by atoms with van der Waals surface area (Å²) in [6, 6.07) is 4.15. The lowest BCUT2D eigenvalue weighted by molar-refractivity contribution is -0.117. The third-order valence-electron chi connectivity index (χ3n) is 4.18. The quantitative estimate of drug-likeness (QED) is 0.819. The normalized spacial score (nSPS) is 15.7. The lowest BCUT2D eigenvalue weighted by Crippen LogP contribution is -2.36. The molecule has 140 valence electrons. The highest BCUT2D eigenvalue weighted by Gasteiger charge is 2.18. The maximum Gasteiger partial charge on any atom is 0.240 e. The molecule has 0 bridgehead atoms. The number of carbonyl (C=O) groups is 1. The summed E-state index contributed by atoms with van der Waals surface area (Å²) >= 11 is 1.34. The number of amides is 1. The van der Waals surface area contributed by atoms with Gasteiger partial charge in [-0.25, -0.2) is 0 Å². The average molecular weight is 376 g/mol. The highest BCUT2D eigenvalue weighted by molar-refractivity contribution is 7.15. The second-order valence-corrected chi connectivity index (χ2v) is 7.32. The molecule has 3 heterocycles. The smallest absolute Gasteiger partial charge is 0.240 e. The van der Waals surface area contributed by atoms with Crippen LogP contribution in [0.25, 0.3) is 0 Å². The van der Waals surface area contributed by atoms with Crippen molar-refractivity contribution in [3.8, 4) is 0 Å². The van der Waals surface area contributed by atoms with Crippen molar-refractivity contribution < 1.29 is 9.53 Å². The van der Waals surface area contributed by atoms with Crippen molar-refractivity contribution in [2.75, 3.05) is 50.1 Å². The molecular formula is C17H24N6O2S. The monoisotopic (exact) mass is 376 g/mol. The predicted molar refractivity (Wildman–Crippen MR) is 101 cm³/mol. The molecule has 2 aromatic rings. The molecule has 1 amide bonds. The molecule has 0 radical (unpaired) electrons. The van der Waals surface area contributed by atoms with Gasteiger partial charge in [-0.15, -0.1) is 10.2 Å². The number of hydrogen-bond donors (Lipinski definition) is 1. The van der Waals surface area contributed by atoms with E-state index in [0.717, 1.165) is 43.3 Å². The van der Waals surface area contributed by atoms with Crippen LogP contribution < -0.4 is 10.2 Å². The van der Waals surface area contributed by atoms with Crippen LogP contribution in [0.4, 0.5) is 10.8 Å². The summed E-state index contributed by atoms with van der Waals surface area (Å²) in [5, 5.41) is 12.0. The van der Waals surface area contributed by atoms with E-state index < -0.39 is 0 Å². The van der Waals surface area contributed by atoms with Gasteiger partial charge in [-0.05, 0) is 25.5 Å². The van der Waals surface area contributed by atoms with Crippen LogP contribution in [0, 0.1) is 6.92 Å². The van der Waals surface area contributed by atoms with Gasteiger partial charge in [0.05, 0.1) is 6.54 Å². The first-order valence-corrected chi connectivity index (χ1v) is 9.47. The molecule has 0 unspecified atom stereocenters. The molecule has 1 aliphatic rings. The van der Waals surface area contributed by atoms with Crippen molar-refractivity contribution in [2.24, 2.45) is 0 Å². The Morgan fingerprint density at radius 1 is 1.31 bits per heavy atom. The molecule has 0 aromatic carbocycles. The van der Waals surface area contributed by atoms with E-state index in [9.17, 15) is 4.79 Å². The Balaban J connectivity index is 1.50. The fourth-order valence-electron chi connectivity index (χ4n) is 2.96. The van der Waals surface area contributed by atoms with Crippen molar-refractivity contribution in [2.45, 2.75) is 20.0 Å². The molecule has 1 N–H and O–H groups in total. The van der Waals surface area contributed by atoms with Crippen LogP contribution >= 0.6 is 11.3 Å². The number of hydrogen-bond acceptors (Lipinski definition) is 8.